The van der Waals surface area contributed by atoms with E-state index in [2.05, 4.69) is 9.50 Å². The lowest BCUT2D eigenvalue weighted by Gasteiger charge is -2.22. The number of hydrogen-bond donors (Lipinski definition) is 2. The summed E-state index contributed by atoms with van der Waals surface area (Å²) >= 11 is 0. The fourth-order valence-electron chi connectivity index (χ4n) is 1.85. The zero-order valence-corrected chi connectivity index (χ0v) is 9.63. The summed E-state index contributed by atoms with van der Waals surface area (Å²) in [5.41, 5.74) is 0. The Labute approximate surface area is 91.2 Å². The Kier molecular flexibility index (Phi) is 5.52. The van der Waals surface area contributed by atoms with Gasteiger partial charge in [-0.05, 0) is 25.8 Å². The molecule has 15 heavy (non-hydrogen) atoms. The maximum absolute atomic E-state index is 10.2. The minimum atomic E-state index is -4.26. The van der Waals surface area contributed by atoms with Gasteiger partial charge >= 0.3 is 10.4 Å². The molecule has 90 valence electrons. The van der Waals surface area contributed by atoms with E-state index in [0.29, 0.717) is 12.5 Å². The Bertz CT molecular complexity index is 259. The first-order valence-corrected chi connectivity index (χ1v) is 6.80. The van der Waals surface area contributed by atoms with E-state index >= 15 is 0 Å². The van der Waals surface area contributed by atoms with Gasteiger partial charge < -0.3 is 5.32 Å². The standard InChI is InChI=1S/C9H19NO4S/c11-15(12,13)14-8-4-7-10-9-5-2-1-3-6-9/h9-10H,1-8H2,(H,11,12,13). The highest BCUT2D eigenvalue weighted by atomic mass is 32.3. The normalized spacial score (nSPS) is 19.3. The zero-order valence-electron chi connectivity index (χ0n) is 8.81. The molecule has 0 aromatic carbocycles. The van der Waals surface area contributed by atoms with E-state index in [1.807, 2.05) is 0 Å². The zero-order chi connectivity index (χ0) is 11.1. The molecule has 1 saturated carbocycles. The molecule has 0 bridgehead atoms. The Balaban J connectivity index is 1.96. The molecular formula is C9H19NO4S. The third-order valence-corrected chi connectivity index (χ3v) is 3.06. The SMILES string of the molecule is O=S(=O)(O)OCCCNC1CCCCC1. The van der Waals surface area contributed by atoms with Crippen LogP contribution in [-0.2, 0) is 14.6 Å². The first-order chi connectivity index (χ1) is 7.08. The van der Waals surface area contributed by atoms with Crippen molar-refractivity contribution in [2.24, 2.45) is 0 Å². The Morgan fingerprint density at radius 3 is 2.53 bits per heavy atom. The second-order valence-electron chi connectivity index (χ2n) is 3.89. The lowest BCUT2D eigenvalue weighted by atomic mass is 9.95. The lowest BCUT2D eigenvalue weighted by Crippen LogP contribution is -2.32. The second kappa shape index (κ2) is 6.42. The summed E-state index contributed by atoms with van der Waals surface area (Å²) in [4.78, 5) is 0. The van der Waals surface area contributed by atoms with E-state index in [-0.39, 0.29) is 6.61 Å². The van der Waals surface area contributed by atoms with Crippen LogP contribution in [0.3, 0.4) is 0 Å². The summed E-state index contributed by atoms with van der Waals surface area (Å²) < 4.78 is 32.9. The molecule has 0 heterocycles. The predicted octanol–water partition coefficient (Wildman–Crippen LogP) is 1.12. The summed E-state index contributed by atoms with van der Waals surface area (Å²) in [5.74, 6) is 0. The van der Waals surface area contributed by atoms with Crippen LogP contribution in [0.25, 0.3) is 0 Å². The molecule has 1 aliphatic carbocycles. The first kappa shape index (κ1) is 12.9. The molecule has 1 rings (SSSR count). The fraction of sp³-hybridized carbons (Fsp3) is 1.00. The predicted molar refractivity (Wildman–Crippen MR) is 57.0 cm³/mol. The van der Waals surface area contributed by atoms with Crippen molar-refractivity contribution in [2.45, 2.75) is 44.6 Å². The monoisotopic (exact) mass is 237 g/mol. The van der Waals surface area contributed by atoms with Gasteiger partial charge in [-0.3, -0.25) is 4.55 Å². The summed E-state index contributed by atoms with van der Waals surface area (Å²) in [6.45, 7) is 0.777. The van der Waals surface area contributed by atoms with E-state index in [4.69, 9.17) is 4.55 Å². The van der Waals surface area contributed by atoms with Gasteiger partial charge in [-0.25, -0.2) is 4.18 Å². The van der Waals surface area contributed by atoms with Crippen LogP contribution in [-0.4, -0.2) is 32.2 Å². The van der Waals surface area contributed by atoms with Crippen LogP contribution in [0.15, 0.2) is 0 Å². The quantitative estimate of drug-likeness (QED) is 0.535. The fourth-order valence-corrected chi connectivity index (χ4v) is 2.18. The Hall–Kier alpha value is -0.170. The molecule has 6 heteroatoms. The van der Waals surface area contributed by atoms with Gasteiger partial charge in [0.1, 0.15) is 0 Å². The van der Waals surface area contributed by atoms with Gasteiger partial charge in [0.05, 0.1) is 6.61 Å². The smallest absolute Gasteiger partial charge is 0.314 e. The van der Waals surface area contributed by atoms with Crippen molar-refractivity contribution in [3.63, 3.8) is 0 Å². The van der Waals surface area contributed by atoms with Gasteiger partial charge in [0.2, 0.25) is 0 Å². The maximum atomic E-state index is 10.2. The van der Waals surface area contributed by atoms with Crippen molar-refractivity contribution >= 4 is 10.4 Å². The summed E-state index contributed by atoms with van der Waals surface area (Å²) in [7, 11) is -4.26. The third kappa shape index (κ3) is 6.83. The molecule has 0 aromatic rings. The molecule has 0 saturated heterocycles. The maximum Gasteiger partial charge on any atom is 0.397 e. The molecule has 0 unspecified atom stereocenters. The van der Waals surface area contributed by atoms with Crippen LogP contribution in [0, 0.1) is 0 Å². The van der Waals surface area contributed by atoms with Crippen LogP contribution in [0.4, 0.5) is 0 Å². The molecule has 0 spiro atoms. The Morgan fingerprint density at radius 2 is 1.93 bits per heavy atom. The van der Waals surface area contributed by atoms with Crippen molar-refractivity contribution in [3.05, 3.63) is 0 Å². The van der Waals surface area contributed by atoms with Gasteiger partial charge in [0.25, 0.3) is 0 Å². The van der Waals surface area contributed by atoms with Gasteiger partial charge in [-0.15, -0.1) is 0 Å². The van der Waals surface area contributed by atoms with Crippen molar-refractivity contribution in [2.75, 3.05) is 13.2 Å². The van der Waals surface area contributed by atoms with Gasteiger partial charge in [0.15, 0.2) is 0 Å². The van der Waals surface area contributed by atoms with Crippen LogP contribution in [0.1, 0.15) is 38.5 Å². The van der Waals surface area contributed by atoms with E-state index in [9.17, 15) is 8.42 Å². The number of nitrogens with one attached hydrogen (secondary N) is 1. The van der Waals surface area contributed by atoms with Crippen LogP contribution < -0.4 is 5.32 Å². The molecule has 1 fully saturated rings. The third-order valence-electron chi connectivity index (χ3n) is 2.59. The highest BCUT2D eigenvalue weighted by Crippen LogP contribution is 2.17. The molecule has 0 radical (unpaired) electrons. The highest BCUT2D eigenvalue weighted by Gasteiger charge is 2.12. The van der Waals surface area contributed by atoms with E-state index in [1.54, 1.807) is 0 Å². The van der Waals surface area contributed by atoms with Crippen molar-refractivity contribution in [3.8, 4) is 0 Å². The highest BCUT2D eigenvalue weighted by molar-refractivity contribution is 7.80. The summed E-state index contributed by atoms with van der Waals surface area (Å²) in [6.07, 6.45) is 6.89. The molecular weight excluding hydrogens is 218 g/mol. The second-order valence-corrected chi connectivity index (χ2v) is 4.98. The van der Waals surface area contributed by atoms with Crippen LogP contribution in [0.5, 0.6) is 0 Å². The lowest BCUT2D eigenvalue weighted by molar-refractivity contribution is 0.259. The van der Waals surface area contributed by atoms with Crippen molar-refractivity contribution in [1.29, 1.82) is 0 Å². The number of rotatable bonds is 6. The first-order valence-electron chi connectivity index (χ1n) is 5.43. The topological polar surface area (TPSA) is 75.6 Å². The van der Waals surface area contributed by atoms with Crippen LogP contribution >= 0.6 is 0 Å². The molecule has 0 atom stereocenters. The van der Waals surface area contributed by atoms with E-state index in [0.717, 1.165) is 6.54 Å². The molecule has 0 aliphatic heterocycles. The van der Waals surface area contributed by atoms with Gasteiger partial charge in [-0.1, -0.05) is 19.3 Å². The summed E-state index contributed by atoms with van der Waals surface area (Å²) in [6, 6.07) is 0.574. The van der Waals surface area contributed by atoms with Crippen molar-refractivity contribution in [1.82, 2.24) is 5.32 Å². The minimum absolute atomic E-state index is 0.0402. The molecule has 1 aliphatic rings. The number of hydrogen-bond acceptors (Lipinski definition) is 4. The summed E-state index contributed by atoms with van der Waals surface area (Å²) in [5, 5.41) is 3.35. The Morgan fingerprint density at radius 1 is 1.27 bits per heavy atom. The van der Waals surface area contributed by atoms with Crippen molar-refractivity contribution < 1.29 is 17.2 Å². The minimum Gasteiger partial charge on any atom is -0.314 e. The molecule has 0 amide bonds. The van der Waals surface area contributed by atoms with E-state index in [1.165, 1.54) is 32.1 Å². The van der Waals surface area contributed by atoms with Gasteiger partial charge in [0, 0.05) is 6.04 Å². The largest absolute Gasteiger partial charge is 0.397 e. The van der Waals surface area contributed by atoms with E-state index < -0.39 is 10.4 Å². The average molecular weight is 237 g/mol. The average Bonchev–Trinajstić information content (AvgIpc) is 2.17. The molecule has 0 aromatic heterocycles. The molecule has 2 N–H and O–H groups in total. The van der Waals surface area contributed by atoms with Crippen LogP contribution in [0.2, 0.25) is 0 Å². The molecule has 5 nitrogen and oxygen atoms in total. The van der Waals surface area contributed by atoms with Gasteiger partial charge in [-0.2, -0.15) is 8.42 Å².